The standard InChI is InChI=1S/2C18H30O3/c2*1-11-6-7-12-16(2,3)13-8-18(11,12)9-14-17(13,4)21-15(20-14)10-19-5/h2*11-15H,6-10H2,1-5H3/t11-,12+,13-,14+,15+,17-,18-;11-,12+,13-,14+,15-,17-,18-/m11/s1. The predicted molar refractivity (Wildman–Crippen MR) is 162 cm³/mol. The van der Waals surface area contributed by atoms with Crippen molar-refractivity contribution < 1.29 is 28.4 Å². The second-order valence-electron chi connectivity index (χ2n) is 17.7. The molecule has 0 aromatic rings. The van der Waals surface area contributed by atoms with E-state index in [4.69, 9.17) is 28.4 Å². The van der Waals surface area contributed by atoms with E-state index >= 15 is 0 Å². The molecule has 6 heteroatoms. The maximum atomic E-state index is 6.41. The van der Waals surface area contributed by atoms with E-state index in [1.165, 1.54) is 51.4 Å². The molecule has 8 rings (SSSR count). The van der Waals surface area contributed by atoms with Gasteiger partial charge in [0.15, 0.2) is 12.6 Å². The zero-order chi connectivity index (χ0) is 30.1. The van der Waals surface area contributed by atoms with Crippen molar-refractivity contribution in [2.24, 2.45) is 57.2 Å². The van der Waals surface area contributed by atoms with Crippen molar-refractivity contribution in [2.45, 2.75) is 143 Å². The first-order valence-corrected chi connectivity index (χ1v) is 17.3. The summed E-state index contributed by atoms with van der Waals surface area (Å²) in [7, 11) is 3.45. The third kappa shape index (κ3) is 3.78. The zero-order valence-electron chi connectivity index (χ0n) is 28.3. The quantitative estimate of drug-likeness (QED) is 0.345. The van der Waals surface area contributed by atoms with Crippen molar-refractivity contribution in [3.8, 4) is 0 Å². The van der Waals surface area contributed by atoms with Crippen molar-refractivity contribution in [3.63, 3.8) is 0 Å². The highest BCUT2D eigenvalue weighted by Crippen LogP contribution is 2.76. The van der Waals surface area contributed by atoms with Crippen LogP contribution in [0.2, 0.25) is 0 Å². The lowest BCUT2D eigenvalue weighted by atomic mass is 9.63. The average molecular weight is 589 g/mol. The number of methoxy groups -OCH3 is 2. The lowest BCUT2D eigenvalue weighted by Gasteiger charge is -2.47. The summed E-state index contributed by atoms with van der Waals surface area (Å²) in [5, 5.41) is 0. The molecular weight excluding hydrogens is 528 g/mol. The topological polar surface area (TPSA) is 55.4 Å². The Bertz CT molecular complexity index is 977. The van der Waals surface area contributed by atoms with E-state index in [1.54, 1.807) is 14.2 Å². The Balaban J connectivity index is 0.000000137. The van der Waals surface area contributed by atoms with Crippen LogP contribution in [0, 0.1) is 57.2 Å². The minimum Gasteiger partial charge on any atom is -0.379 e. The molecular formula is C36H60O6. The van der Waals surface area contributed by atoms with E-state index < -0.39 is 0 Å². The van der Waals surface area contributed by atoms with Crippen LogP contribution in [0.1, 0.15) is 107 Å². The molecule has 2 saturated heterocycles. The Morgan fingerprint density at radius 2 is 0.929 bits per heavy atom. The van der Waals surface area contributed by atoms with E-state index in [0.29, 0.717) is 46.7 Å². The van der Waals surface area contributed by atoms with E-state index in [0.717, 1.165) is 23.7 Å². The fraction of sp³-hybridized carbons (Fsp3) is 1.00. The van der Waals surface area contributed by atoms with Gasteiger partial charge >= 0.3 is 0 Å². The average Bonchev–Trinajstić information content (AvgIpc) is 3.68. The highest BCUT2D eigenvalue weighted by atomic mass is 16.8. The molecule has 6 saturated carbocycles. The summed E-state index contributed by atoms with van der Waals surface area (Å²) in [6, 6.07) is 0. The maximum Gasteiger partial charge on any atom is 0.182 e. The monoisotopic (exact) mass is 588 g/mol. The molecule has 8 aliphatic rings. The minimum absolute atomic E-state index is 0.123. The number of rotatable bonds is 4. The molecule has 2 heterocycles. The van der Waals surface area contributed by atoms with E-state index in [1.807, 2.05) is 0 Å². The molecule has 0 N–H and O–H groups in total. The van der Waals surface area contributed by atoms with Gasteiger partial charge in [0.05, 0.1) is 36.6 Å². The number of ether oxygens (including phenoxy) is 6. The first-order chi connectivity index (χ1) is 19.7. The van der Waals surface area contributed by atoms with E-state index in [9.17, 15) is 0 Å². The highest BCUT2D eigenvalue weighted by Gasteiger charge is 2.74. The molecule has 14 atom stereocenters. The van der Waals surface area contributed by atoms with Gasteiger partial charge in [-0.2, -0.15) is 0 Å². The second kappa shape index (κ2) is 9.64. The SMILES string of the molecule is COC[C@@H]1O[C@H]2C[C@@]34C[C@H](C(C)(C)[C@@H]3CC[C@H]4C)[C@@]2(C)O1.COC[C@H]1O[C@H]2C[C@@]34C[C@H](C(C)(C)[C@@H]3CC[C@H]4C)[C@@]2(C)O1. The van der Waals surface area contributed by atoms with Crippen LogP contribution in [0.5, 0.6) is 0 Å². The molecule has 0 radical (unpaired) electrons. The summed E-state index contributed by atoms with van der Waals surface area (Å²) in [6.45, 7) is 20.6. The van der Waals surface area contributed by atoms with E-state index in [-0.39, 0.29) is 36.0 Å². The molecule has 2 spiro atoms. The lowest BCUT2D eigenvalue weighted by molar-refractivity contribution is -0.141. The number of fused-ring (bicyclic) bond motifs is 6. The van der Waals surface area contributed by atoms with Gasteiger partial charge in [-0.05, 0) is 122 Å². The normalized spacial score (nSPS) is 57.3. The molecule has 6 aliphatic carbocycles. The van der Waals surface area contributed by atoms with Gasteiger partial charge in [0.25, 0.3) is 0 Å². The van der Waals surface area contributed by atoms with Crippen LogP contribution >= 0.6 is 0 Å². The van der Waals surface area contributed by atoms with Crippen LogP contribution in [-0.2, 0) is 28.4 Å². The van der Waals surface area contributed by atoms with Gasteiger partial charge in [-0.1, -0.05) is 41.5 Å². The van der Waals surface area contributed by atoms with Gasteiger partial charge in [0.2, 0.25) is 0 Å². The molecule has 8 fully saturated rings. The van der Waals surface area contributed by atoms with Gasteiger partial charge in [-0.3, -0.25) is 0 Å². The number of hydrogen-bond acceptors (Lipinski definition) is 6. The lowest BCUT2D eigenvalue weighted by Crippen LogP contribution is -2.52. The van der Waals surface area contributed by atoms with Gasteiger partial charge in [-0.15, -0.1) is 0 Å². The van der Waals surface area contributed by atoms with Crippen LogP contribution in [0.15, 0.2) is 0 Å². The minimum atomic E-state index is -0.174. The molecule has 0 aromatic carbocycles. The fourth-order valence-electron chi connectivity index (χ4n) is 13.7. The van der Waals surface area contributed by atoms with Crippen LogP contribution < -0.4 is 0 Å². The van der Waals surface area contributed by atoms with Crippen LogP contribution in [-0.4, -0.2) is 63.4 Å². The second-order valence-corrected chi connectivity index (χ2v) is 17.7. The van der Waals surface area contributed by atoms with Crippen LogP contribution in [0.4, 0.5) is 0 Å². The molecule has 0 amide bonds. The predicted octanol–water partition coefficient (Wildman–Crippen LogP) is 7.23. The fourth-order valence-corrected chi connectivity index (χ4v) is 13.7. The van der Waals surface area contributed by atoms with Crippen LogP contribution in [0.3, 0.4) is 0 Å². The Hall–Kier alpha value is -0.240. The van der Waals surface area contributed by atoms with Crippen LogP contribution in [0.25, 0.3) is 0 Å². The Morgan fingerprint density at radius 3 is 1.29 bits per heavy atom. The Morgan fingerprint density at radius 1 is 0.548 bits per heavy atom. The molecule has 240 valence electrons. The molecule has 6 nitrogen and oxygen atoms in total. The summed E-state index contributed by atoms with van der Waals surface area (Å²) in [6.07, 6.45) is 10.8. The summed E-state index contributed by atoms with van der Waals surface area (Å²) in [4.78, 5) is 0. The molecule has 4 bridgehead atoms. The Kier molecular flexibility index (Phi) is 6.98. The largest absolute Gasteiger partial charge is 0.379 e. The first kappa shape index (κ1) is 30.4. The van der Waals surface area contributed by atoms with Crippen molar-refractivity contribution in [1.29, 1.82) is 0 Å². The summed E-state index contributed by atoms with van der Waals surface area (Å²) in [5.41, 5.74) is 1.48. The van der Waals surface area contributed by atoms with Crippen molar-refractivity contribution >= 4 is 0 Å². The first-order valence-electron chi connectivity index (χ1n) is 17.3. The third-order valence-corrected chi connectivity index (χ3v) is 15.7. The number of hydrogen-bond donors (Lipinski definition) is 0. The van der Waals surface area contributed by atoms with Crippen molar-refractivity contribution in [1.82, 2.24) is 0 Å². The smallest absolute Gasteiger partial charge is 0.182 e. The Labute approximate surface area is 255 Å². The third-order valence-electron chi connectivity index (χ3n) is 15.7. The zero-order valence-corrected chi connectivity index (χ0v) is 28.3. The maximum absolute atomic E-state index is 6.41. The van der Waals surface area contributed by atoms with Gasteiger partial charge in [0.1, 0.15) is 0 Å². The summed E-state index contributed by atoms with van der Waals surface area (Å²) >= 11 is 0. The molecule has 0 aromatic heterocycles. The van der Waals surface area contributed by atoms with Crippen molar-refractivity contribution in [3.05, 3.63) is 0 Å². The van der Waals surface area contributed by atoms with Gasteiger partial charge in [-0.25, -0.2) is 0 Å². The molecule has 2 aliphatic heterocycles. The van der Waals surface area contributed by atoms with Gasteiger partial charge in [0, 0.05) is 14.2 Å². The summed E-state index contributed by atoms with van der Waals surface area (Å²) < 4.78 is 35.9. The highest BCUT2D eigenvalue weighted by molar-refractivity contribution is 5.22. The van der Waals surface area contributed by atoms with Crippen molar-refractivity contribution in [2.75, 3.05) is 27.4 Å². The van der Waals surface area contributed by atoms with E-state index in [2.05, 4.69) is 55.4 Å². The summed E-state index contributed by atoms with van der Waals surface area (Å²) in [5.74, 6) is 4.58. The van der Waals surface area contributed by atoms with Gasteiger partial charge < -0.3 is 28.4 Å². The molecule has 0 unspecified atom stereocenters. The molecule has 42 heavy (non-hydrogen) atoms.